The minimum atomic E-state index is 0.931. The lowest BCUT2D eigenvalue weighted by Gasteiger charge is -2.12. The first-order chi connectivity index (χ1) is 4.20. The summed E-state index contributed by atoms with van der Waals surface area (Å²) in [6, 6.07) is 0. The van der Waals surface area contributed by atoms with E-state index in [1.807, 2.05) is 0 Å². The third kappa shape index (κ3) is 4.50. The first-order valence-electron chi connectivity index (χ1n) is 4.20. The maximum Gasteiger partial charge on any atom is -0.0443 e. The van der Waals surface area contributed by atoms with Gasteiger partial charge in [-0.3, -0.25) is 0 Å². The molecule has 0 spiro atoms. The minimum Gasteiger partial charge on any atom is -0.0651 e. The van der Waals surface area contributed by atoms with Crippen LogP contribution in [0.5, 0.6) is 0 Å². The second kappa shape index (κ2) is 4.84. The van der Waals surface area contributed by atoms with Gasteiger partial charge in [-0.05, 0) is 18.3 Å². The van der Waals surface area contributed by atoms with E-state index < -0.39 is 0 Å². The molecule has 0 fully saturated rings. The Morgan fingerprint density at radius 3 is 1.44 bits per heavy atom. The highest BCUT2D eigenvalue weighted by Crippen LogP contribution is 2.16. The molecular weight excluding hydrogens is 108 g/mol. The second-order valence-electron chi connectivity index (χ2n) is 3.26. The van der Waals surface area contributed by atoms with Gasteiger partial charge in [-0.25, -0.2) is 0 Å². The molecule has 0 heteroatoms. The van der Waals surface area contributed by atoms with Gasteiger partial charge in [-0.1, -0.05) is 40.5 Å². The van der Waals surface area contributed by atoms with Crippen molar-refractivity contribution in [1.82, 2.24) is 0 Å². The van der Waals surface area contributed by atoms with Crippen molar-refractivity contribution in [2.24, 2.45) is 11.8 Å². The molecule has 0 bridgehead atoms. The zero-order valence-electron chi connectivity index (χ0n) is 7.28. The monoisotopic (exact) mass is 128 g/mol. The van der Waals surface area contributed by atoms with E-state index in [-0.39, 0.29) is 0 Å². The van der Waals surface area contributed by atoms with Crippen molar-refractivity contribution in [3.05, 3.63) is 0 Å². The Kier molecular flexibility index (Phi) is 4.84. The van der Waals surface area contributed by atoms with Crippen LogP contribution in [0.3, 0.4) is 0 Å². The summed E-state index contributed by atoms with van der Waals surface area (Å²) in [5.41, 5.74) is 0. The van der Waals surface area contributed by atoms with E-state index in [2.05, 4.69) is 27.7 Å². The van der Waals surface area contributed by atoms with E-state index in [1.54, 1.807) is 0 Å². The molecule has 0 amide bonds. The maximum absolute atomic E-state index is 2.34. The molecule has 2 atom stereocenters. The van der Waals surface area contributed by atoms with Gasteiger partial charge in [-0.2, -0.15) is 0 Å². The standard InChI is InChI=1S/C9H20/c1-5-8(3)7-9(4)6-2/h8-9H,5-7H2,1-4H3/t8-,9+. The first kappa shape index (κ1) is 9.00. The van der Waals surface area contributed by atoms with Gasteiger partial charge in [0.15, 0.2) is 0 Å². The summed E-state index contributed by atoms with van der Waals surface area (Å²) >= 11 is 0. The van der Waals surface area contributed by atoms with Crippen molar-refractivity contribution >= 4 is 0 Å². The quantitative estimate of drug-likeness (QED) is 0.544. The van der Waals surface area contributed by atoms with Crippen LogP contribution in [0.15, 0.2) is 0 Å². The lowest BCUT2D eigenvalue weighted by molar-refractivity contribution is 0.397. The van der Waals surface area contributed by atoms with Crippen LogP contribution in [-0.2, 0) is 0 Å². The van der Waals surface area contributed by atoms with E-state index in [0.717, 1.165) is 11.8 Å². The van der Waals surface area contributed by atoms with Gasteiger partial charge >= 0.3 is 0 Å². The molecule has 56 valence electrons. The highest BCUT2D eigenvalue weighted by atomic mass is 14.1. The topological polar surface area (TPSA) is 0 Å². The third-order valence-corrected chi connectivity index (χ3v) is 2.20. The van der Waals surface area contributed by atoms with Crippen molar-refractivity contribution < 1.29 is 0 Å². The average Bonchev–Trinajstić information content (AvgIpc) is 1.87. The van der Waals surface area contributed by atoms with Crippen molar-refractivity contribution in [3.8, 4) is 0 Å². The van der Waals surface area contributed by atoms with Crippen LogP contribution in [0.1, 0.15) is 47.0 Å². The molecule has 0 aliphatic heterocycles. The molecule has 0 saturated carbocycles. The first-order valence-corrected chi connectivity index (χ1v) is 4.20. The fourth-order valence-corrected chi connectivity index (χ4v) is 1.02. The smallest absolute Gasteiger partial charge is 0.0443 e. The molecular formula is C9H20. The molecule has 0 radical (unpaired) electrons. The largest absolute Gasteiger partial charge is 0.0651 e. The Labute approximate surface area is 59.7 Å². The SMILES string of the molecule is CC[C@@H](C)C[C@@H](C)CC. The molecule has 0 aromatic carbocycles. The molecule has 0 rings (SSSR count). The number of hydrogen-bond acceptors (Lipinski definition) is 0. The fraction of sp³-hybridized carbons (Fsp3) is 1.00. The summed E-state index contributed by atoms with van der Waals surface area (Å²) in [6.07, 6.45) is 4.08. The predicted molar refractivity (Wildman–Crippen MR) is 43.5 cm³/mol. The van der Waals surface area contributed by atoms with Crippen LogP contribution in [0.25, 0.3) is 0 Å². The van der Waals surface area contributed by atoms with Crippen LogP contribution in [-0.4, -0.2) is 0 Å². The molecule has 0 nitrogen and oxygen atoms in total. The van der Waals surface area contributed by atoms with Crippen molar-refractivity contribution in [3.63, 3.8) is 0 Å². The average molecular weight is 128 g/mol. The molecule has 0 aromatic rings. The van der Waals surface area contributed by atoms with Crippen molar-refractivity contribution in [1.29, 1.82) is 0 Å². The molecule has 0 N–H and O–H groups in total. The van der Waals surface area contributed by atoms with Crippen molar-refractivity contribution in [2.45, 2.75) is 47.0 Å². The normalized spacial score (nSPS) is 17.3. The highest BCUT2D eigenvalue weighted by Gasteiger charge is 2.03. The molecule has 0 unspecified atom stereocenters. The zero-order chi connectivity index (χ0) is 7.28. The van der Waals surface area contributed by atoms with Crippen LogP contribution in [0.2, 0.25) is 0 Å². The molecule has 9 heavy (non-hydrogen) atoms. The van der Waals surface area contributed by atoms with E-state index in [0.29, 0.717) is 0 Å². The summed E-state index contributed by atoms with van der Waals surface area (Å²) < 4.78 is 0. The Hall–Kier alpha value is 0. The van der Waals surface area contributed by atoms with Gasteiger partial charge < -0.3 is 0 Å². The lowest BCUT2D eigenvalue weighted by atomic mass is 9.94. The Bertz CT molecular complexity index is 49.1. The van der Waals surface area contributed by atoms with E-state index in [9.17, 15) is 0 Å². The van der Waals surface area contributed by atoms with Gasteiger partial charge in [0.25, 0.3) is 0 Å². The van der Waals surface area contributed by atoms with Crippen LogP contribution >= 0.6 is 0 Å². The Balaban J connectivity index is 3.22. The van der Waals surface area contributed by atoms with Gasteiger partial charge in [0.1, 0.15) is 0 Å². The van der Waals surface area contributed by atoms with Crippen molar-refractivity contribution in [2.75, 3.05) is 0 Å². The predicted octanol–water partition coefficient (Wildman–Crippen LogP) is 3.47. The molecule has 0 aliphatic carbocycles. The van der Waals surface area contributed by atoms with E-state index in [1.165, 1.54) is 19.3 Å². The van der Waals surface area contributed by atoms with E-state index >= 15 is 0 Å². The van der Waals surface area contributed by atoms with Gasteiger partial charge in [0.2, 0.25) is 0 Å². The minimum absolute atomic E-state index is 0.931. The zero-order valence-corrected chi connectivity index (χ0v) is 7.28. The van der Waals surface area contributed by atoms with Crippen LogP contribution in [0, 0.1) is 11.8 Å². The number of hydrogen-bond donors (Lipinski definition) is 0. The third-order valence-electron chi connectivity index (χ3n) is 2.20. The van der Waals surface area contributed by atoms with Crippen LogP contribution in [0.4, 0.5) is 0 Å². The van der Waals surface area contributed by atoms with Crippen LogP contribution < -0.4 is 0 Å². The lowest BCUT2D eigenvalue weighted by Crippen LogP contribution is -2.00. The Morgan fingerprint density at radius 2 is 1.22 bits per heavy atom. The molecule has 0 heterocycles. The summed E-state index contributed by atoms with van der Waals surface area (Å²) in [5.74, 6) is 1.86. The summed E-state index contributed by atoms with van der Waals surface area (Å²) in [7, 11) is 0. The fourth-order valence-electron chi connectivity index (χ4n) is 1.02. The highest BCUT2D eigenvalue weighted by molar-refractivity contribution is 4.55. The van der Waals surface area contributed by atoms with Gasteiger partial charge in [0.05, 0.1) is 0 Å². The van der Waals surface area contributed by atoms with Gasteiger partial charge in [-0.15, -0.1) is 0 Å². The van der Waals surface area contributed by atoms with Gasteiger partial charge in [0, 0.05) is 0 Å². The summed E-state index contributed by atoms with van der Waals surface area (Å²) in [6.45, 7) is 9.22. The number of rotatable bonds is 4. The summed E-state index contributed by atoms with van der Waals surface area (Å²) in [4.78, 5) is 0. The molecule has 0 saturated heterocycles. The summed E-state index contributed by atoms with van der Waals surface area (Å²) in [5, 5.41) is 0. The molecule has 0 aromatic heterocycles. The Morgan fingerprint density at radius 1 is 0.889 bits per heavy atom. The molecule has 0 aliphatic rings. The maximum atomic E-state index is 2.34. The van der Waals surface area contributed by atoms with E-state index in [4.69, 9.17) is 0 Å². The second-order valence-corrected chi connectivity index (χ2v) is 3.26.